The second-order valence-corrected chi connectivity index (χ2v) is 5.27. The Morgan fingerprint density at radius 1 is 1.24 bits per heavy atom. The summed E-state index contributed by atoms with van der Waals surface area (Å²) in [6.45, 7) is 0.384. The molecular formula is C13H12BrF3N4. The predicted octanol–water partition coefficient (Wildman–Crippen LogP) is 3.48. The molecule has 0 atom stereocenters. The van der Waals surface area contributed by atoms with E-state index < -0.39 is 17.8 Å². The van der Waals surface area contributed by atoms with Crippen molar-refractivity contribution in [2.75, 3.05) is 17.7 Å². The Morgan fingerprint density at radius 2 is 1.90 bits per heavy atom. The summed E-state index contributed by atoms with van der Waals surface area (Å²) in [5.41, 5.74) is 5.23. The molecule has 0 aliphatic carbocycles. The van der Waals surface area contributed by atoms with Crippen molar-refractivity contribution < 1.29 is 13.2 Å². The van der Waals surface area contributed by atoms with Crippen molar-refractivity contribution in [3.05, 3.63) is 46.1 Å². The van der Waals surface area contributed by atoms with Crippen molar-refractivity contribution >= 4 is 27.7 Å². The van der Waals surface area contributed by atoms with Gasteiger partial charge in [0.15, 0.2) is 5.69 Å². The highest BCUT2D eigenvalue weighted by Crippen LogP contribution is 2.30. The second kappa shape index (κ2) is 5.88. The fourth-order valence-electron chi connectivity index (χ4n) is 1.76. The van der Waals surface area contributed by atoms with Crippen LogP contribution in [-0.4, -0.2) is 17.0 Å². The first-order chi connectivity index (χ1) is 9.77. The minimum absolute atomic E-state index is 0.116. The molecule has 2 aromatic rings. The van der Waals surface area contributed by atoms with Gasteiger partial charge < -0.3 is 10.6 Å². The number of nitrogens with zero attached hydrogens (tertiary/aromatic N) is 3. The maximum atomic E-state index is 12.7. The molecule has 0 radical (unpaired) electrons. The highest BCUT2D eigenvalue weighted by Gasteiger charge is 2.33. The number of alkyl halides is 3. The average Bonchev–Trinajstić information content (AvgIpc) is 2.39. The van der Waals surface area contributed by atoms with Crippen LogP contribution in [0.1, 0.15) is 11.3 Å². The molecule has 1 aromatic carbocycles. The molecule has 0 spiro atoms. The molecular weight excluding hydrogens is 349 g/mol. The van der Waals surface area contributed by atoms with E-state index in [1.807, 2.05) is 24.3 Å². The number of rotatable bonds is 3. The van der Waals surface area contributed by atoms with Crippen LogP contribution in [0.5, 0.6) is 0 Å². The van der Waals surface area contributed by atoms with Gasteiger partial charge in [0, 0.05) is 24.1 Å². The monoisotopic (exact) mass is 360 g/mol. The number of benzene rings is 1. The van der Waals surface area contributed by atoms with Gasteiger partial charge >= 0.3 is 6.18 Å². The second-order valence-electron chi connectivity index (χ2n) is 4.41. The Hall–Kier alpha value is -1.83. The zero-order valence-corrected chi connectivity index (χ0v) is 12.6. The topological polar surface area (TPSA) is 55.0 Å². The van der Waals surface area contributed by atoms with Crippen LogP contribution in [0.3, 0.4) is 0 Å². The quantitative estimate of drug-likeness (QED) is 0.910. The molecule has 0 aliphatic rings. The molecule has 8 heteroatoms. The summed E-state index contributed by atoms with van der Waals surface area (Å²) in [6.07, 6.45) is -4.56. The summed E-state index contributed by atoms with van der Waals surface area (Å²) in [6, 6.07) is 8.32. The SMILES string of the molecule is CN(Cc1ccccc1Br)c1cc(C(F)(F)F)nc(N)n1. The summed E-state index contributed by atoms with van der Waals surface area (Å²) < 4.78 is 39.1. The zero-order valence-electron chi connectivity index (χ0n) is 11.0. The molecule has 0 saturated heterocycles. The first-order valence-electron chi connectivity index (χ1n) is 5.93. The van der Waals surface area contributed by atoms with Gasteiger partial charge in [0.25, 0.3) is 0 Å². The van der Waals surface area contributed by atoms with Crippen LogP contribution in [0.2, 0.25) is 0 Å². The zero-order chi connectivity index (χ0) is 15.6. The van der Waals surface area contributed by atoms with Gasteiger partial charge in [-0.2, -0.15) is 18.2 Å². The van der Waals surface area contributed by atoms with Gasteiger partial charge in [0.05, 0.1) is 0 Å². The van der Waals surface area contributed by atoms with Crippen molar-refractivity contribution in [1.29, 1.82) is 0 Å². The Morgan fingerprint density at radius 3 is 2.52 bits per heavy atom. The molecule has 112 valence electrons. The van der Waals surface area contributed by atoms with E-state index in [-0.39, 0.29) is 5.82 Å². The largest absolute Gasteiger partial charge is 0.433 e. The smallest absolute Gasteiger partial charge is 0.368 e. The van der Waals surface area contributed by atoms with E-state index in [0.29, 0.717) is 6.54 Å². The third kappa shape index (κ3) is 3.84. The van der Waals surface area contributed by atoms with Gasteiger partial charge in [-0.05, 0) is 11.6 Å². The van der Waals surface area contributed by atoms with Crippen molar-refractivity contribution in [3.8, 4) is 0 Å². The first-order valence-corrected chi connectivity index (χ1v) is 6.73. The number of nitrogens with two attached hydrogens (primary N) is 1. The minimum Gasteiger partial charge on any atom is -0.368 e. The lowest BCUT2D eigenvalue weighted by Crippen LogP contribution is -2.20. The predicted molar refractivity (Wildman–Crippen MR) is 77.7 cm³/mol. The molecule has 2 rings (SSSR count). The van der Waals surface area contributed by atoms with Crippen molar-refractivity contribution in [2.24, 2.45) is 0 Å². The summed E-state index contributed by atoms with van der Waals surface area (Å²) in [4.78, 5) is 8.64. The Bertz CT molecular complexity index is 646. The van der Waals surface area contributed by atoms with Crippen LogP contribution in [-0.2, 0) is 12.7 Å². The molecule has 0 bridgehead atoms. The molecule has 21 heavy (non-hydrogen) atoms. The molecule has 2 N–H and O–H groups in total. The van der Waals surface area contributed by atoms with Crippen LogP contribution < -0.4 is 10.6 Å². The highest BCUT2D eigenvalue weighted by atomic mass is 79.9. The van der Waals surface area contributed by atoms with Gasteiger partial charge in [-0.1, -0.05) is 34.1 Å². The number of aromatic nitrogens is 2. The van der Waals surface area contributed by atoms with Crippen LogP contribution in [0.15, 0.2) is 34.8 Å². The van der Waals surface area contributed by atoms with Gasteiger partial charge in [0.1, 0.15) is 5.82 Å². The molecule has 0 unspecified atom stereocenters. The van der Waals surface area contributed by atoms with E-state index in [1.165, 1.54) is 0 Å². The van der Waals surface area contributed by atoms with Crippen molar-refractivity contribution in [3.63, 3.8) is 0 Å². The lowest BCUT2D eigenvalue weighted by atomic mass is 10.2. The van der Waals surface area contributed by atoms with Gasteiger partial charge in [-0.15, -0.1) is 0 Å². The molecule has 4 nitrogen and oxygen atoms in total. The fraction of sp³-hybridized carbons (Fsp3) is 0.231. The van der Waals surface area contributed by atoms with E-state index in [4.69, 9.17) is 5.73 Å². The van der Waals surface area contributed by atoms with E-state index in [9.17, 15) is 13.2 Å². The summed E-state index contributed by atoms with van der Waals surface area (Å²) in [5, 5.41) is 0. The van der Waals surface area contributed by atoms with E-state index in [1.54, 1.807) is 11.9 Å². The Kier molecular flexibility index (Phi) is 4.36. The van der Waals surface area contributed by atoms with Crippen LogP contribution in [0, 0.1) is 0 Å². The van der Waals surface area contributed by atoms with Crippen molar-refractivity contribution in [2.45, 2.75) is 12.7 Å². The highest BCUT2D eigenvalue weighted by molar-refractivity contribution is 9.10. The first kappa shape index (κ1) is 15.6. The molecule has 0 saturated carbocycles. The average molecular weight is 361 g/mol. The maximum absolute atomic E-state index is 12.7. The Balaban J connectivity index is 2.29. The molecule has 0 aliphatic heterocycles. The fourth-order valence-corrected chi connectivity index (χ4v) is 2.17. The van der Waals surface area contributed by atoms with E-state index in [2.05, 4.69) is 25.9 Å². The molecule has 1 aromatic heterocycles. The molecule has 1 heterocycles. The van der Waals surface area contributed by atoms with Gasteiger partial charge in [-0.25, -0.2) is 4.98 Å². The van der Waals surface area contributed by atoms with Crippen LogP contribution in [0.4, 0.5) is 24.9 Å². The minimum atomic E-state index is -4.56. The summed E-state index contributed by atoms with van der Waals surface area (Å²) >= 11 is 3.39. The number of anilines is 2. The lowest BCUT2D eigenvalue weighted by Gasteiger charge is -2.20. The van der Waals surface area contributed by atoms with E-state index in [0.717, 1.165) is 16.1 Å². The number of nitrogen functional groups attached to an aromatic ring is 1. The standard InChI is InChI=1S/C13H12BrF3N4/c1-21(7-8-4-2-3-5-9(8)14)11-6-10(13(15,16)17)19-12(18)20-11/h2-6H,7H2,1H3,(H2,18,19,20). The van der Waals surface area contributed by atoms with Crippen LogP contribution in [0.25, 0.3) is 0 Å². The normalized spacial score (nSPS) is 11.5. The molecule has 0 fully saturated rings. The number of hydrogen-bond donors (Lipinski definition) is 1. The summed E-state index contributed by atoms with van der Waals surface area (Å²) in [5.74, 6) is -0.288. The number of halogens is 4. The maximum Gasteiger partial charge on any atom is 0.433 e. The number of hydrogen-bond acceptors (Lipinski definition) is 4. The van der Waals surface area contributed by atoms with Gasteiger partial charge in [0.2, 0.25) is 5.95 Å². The van der Waals surface area contributed by atoms with Gasteiger partial charge in [-0.3, -0.25) is 0 Å². The van der Waals surface area contributed by atoms with E-state index >= 15 is 0 Å². The van der Waals surface area contributed by atoms with Crippen LogP contribution >= 0.6 is 15.9 Å². The van der Waals surface area contributed by atoms with Crippen molar-refractivity contribution in [1.82, 2.24) is 9.97 Å². The third-order valence-electron chi connectivity index (χ3n) is 2.78. The third-order valence-corrected chi connectivity index (χ3v) is 3.55. The Labute approximate surface area is 127 Å². The summed E-state index contributed by atoms with van der Waals surface area (Å²) in [7, 11) is 1.64. The molecule has 0 amide bonds. The lowest BCUT2D eigenvalue weighted by molar-refractivity contribution is -0.141.